The third kappa shape index (κ3) is 3.45. The van der Waals surface area contributed by atoms with Gasteiger partial charge in [0.25, 0.3) is 5.91 Å². The minimum Gasteiger partial charge on any atom is -0.336 e. The van der Waals surface area contributed by atoms with E-state index in [2.05, 4.69) is 0 Å². The number of carbonyl (C=O) groups excluding carboxylic acids is 1. The van der Waals surface area contributed by atoms with Crippen molar-refractivity contribution in [3.63, 3.8) is 0 Å². The summed E-state index contributed by atoms with van der Waals surface area (Å²) in [6, 6.07) is 1.64. The number of benzene rings is 1. The van der Waals surface area contributed by atoms with Crippen LogP contribution < -0.4 is 0 Å². The van der Waals surface area contributed by atoms with Crippen LogP contribution in [0.25, 0.3) is 0 Å². The normalized spacial score (nSPS) is 11.8. The van der Waals surface area contributed by atoms with Crippen LogP contribution >= 0.6 is 0 Å². The van der Waals surface area contributed by atoms with E-state index in [0.29, 0.717) is 24.7 Å². The van der Waals surface area contributed by atoms with E-state index in [1.54, 1.807) is 20.8 Å². The van der Waals surface area contributed by atoms with Crippen LogP contribution in [0.2, 0.25) is 0 Å². The third-order valence-electron chi connectivity index (χ3n) is 2.75. The third-order valence-corrected chi connectivity index (χ3v) is 2.75. The predicted molar refractivity (Wildman–Crippen MR) is 63.2 cm³/mol. The van der Waals surface area contributed by atoms with Gasteiger partial charge in [0.2, 0.25) is 0 Å². The standard InChI is InChI=1S/C13H15F4NO/c1-4-18(8(2)3)12(19)10-7-9(13(15,16)17)5-6-11(10)14/h5-8H,4H2,1-3H3. The summed E-state index contributed by atoms with van der Waals surface area (Å²) in [6.07, 6.45) is -4.60. The van der Waals surface area contributed by atoms with Crippen molar-refractivity contribution in [3.8, 4) is 0 Å². The van der Waals surface area contributed by atoms with Gasteiger partial charge in [0.05, 0.1) is 11.1 Å². The highest BCUT2D eigenvalue weighted by molar-refractivity contribution is 5.94. The minimum absolute atomic E-state index is 0.216. The van der Waals surface area contributed by atoms with Crippen molar-refractivity contribution < 1.29 is 22.4 Å². The molecule has 0 aliphatic heterocycles. The topological polar surface area (TPSA) is 20.3 Å². The smallest absolute Gasteiger partial charge is 0.336 e. The van der Waals surface area contributed by atoms with Gasteiger partial charge in [0, 0.05) is 12.6 Å². The van der Waals surface area contributed by atoms with E-state index in [4.69, 9.17) is 0 Å². The molecule has 0 saturated carbocycles. The largest absolute Gasteiger partial charge is 0.416 e. The van der Waals surface area contributed by atoms with Gasteiger partial charge < -0.3 is 4.90 Å². The quantitative estimate of drug-likeness (QED) is 0.771. The molecular weight excluding hydrogens is 262 g/mol. The summed E-state index contributed by atoms with van der Waals surface area (Å²) in [7, 11) is 0. The van der Waals surface area contributed by atoms with Gasteiger partial charge in [-0.25, -0.2) is 4.39 Å². The molecule has 0 aliphatic rings. The zero-order chi connectivity index (χ0) is 14.8. The van der Waals surface area contributed by atoms with Crippen molar-refractivity contribution >= 4 is 5.91 Å². The SMILES string of the molecule is CCN(C(=O)c1cc(C(F)(F)F)ccc1F)C(C)C. The summed E-state index contributed by atoms with van der Waals surface area (Å²) in [5.74, 6) is -1.68. The molecule has 0 heterocycles. The van der Waals surface area contributed by atoms with Gasteiger partial charge in [0.15, 0.2) is 0 Å². The highest BCUT2D eigenvalue weighted by Gasteiger charge is 2.32. The highest BCUT2D eigenvalue weighted by Crippen LogP contribution is 2.30. The van der Waals surface area contributed by atoms with E-state index in [1.807, 2.05) is 0 Å². The van der Waals surface area contributed by atoms with Crippen molar-refractivity contribution in [3.05, 3.63) is 35.1 Å². The monoisotopic (exact) mass is 277 g/mol. The fourth-order valence-electron chi connectivity index (χ4n) is 1.76. The van der Waals surface area contributed by atoms with Crippen LogP contribution in [0.3, 0.4) is 0 Å². The van der Waals surface area contributed by atoms with Crippen molar-refractivity contribution in [2.45, 2.75) is 33.0 Å². The minimum atomic E-state index is -4.60. The first-order valence-corrected chi connectivity index (χ1v) is 5.86. The molecule has 0 spiro atoms. The van der Waals surface area contributed by atoms with Crippen LogP contribution in [0.1, 0.15) is 36.7 Å². The summed E-state index contributed by atoms with van der Waals surface area (Å²) in [6.45, 7) is 5.41. The second-order valence-electron chi connectivity index (χ2n) is 4.38. The molecule has 1 aromatic carbocycles. The Morgan fingerprint density at radius 2 is 1.89 bits per heavy atom. The average Bonchev–Trinajstić information content (AvgIpc) is 2.28. The fraction of sp³-hybridized carbons (Fsp3) is 0.462. The molecule has 0 bridgehead atoms. The van der Waals surface area contributed by atoms with Crippen LogP contribution in [0.5, 0.6) is 0 Å². The molecule has 0 N–H and O–H groups in total. The Kier molecular flexibility index (Phi) is 4.55. The lowest BCUT2D eigenvalue weighted by Crippen LogP contribution is -2.37. The number of halogens is 4. The zero-order valence-electron chi connectivity index (χ0n) is 10.9. The molecule has 0 unspecified atom stereocenters. The Hall–Kier alpha value is -1.59. The first-order chi connectivity index (χ1) is 8.68. The average molecular weight is 277 g/mol. The molecule has 0 radical (unpaired) electrons. The summed E-state index contributed by atoms with van der Waals surface area (Å²) < 4.78 is 51.2. The van der Waals surface area contributed by atoms with E-state index in [9.17, 15) is 22.4 Å². The van der Waals surface area contributed by atoms with Crippen LogP contribution in [-0.2, 0) is 6.18 Å². The summed E-state index contributed by atoms with van der Waals surface area (Å²) >= 11 is 0. The van der Waals surface area contributed by atoms with Gasteiger partial charge in [-0.15, -0.1) is 0 Å². The predicted octanol–water partition coefficient (Wildman–Crippen LogP) is 3.72. The van der Waals surface area contributed by atoms with E-state index in [1.165, 1.54) is 4.90 Å². The zero-order valence-corrected chi connectivity index (χ0v) is 10.9. The Balaban J connectivity index is 3.23. The van der Waals surface area contributed by atoms with Gasteiger partial charge in [-0.2, -0.15) is 13.2 Å². The molecule has 0 aromatic heterocycles. The molecule has 6 heteroatoms. The number of rotatable bonds is 3. The second kappa shape index (κ2) is 5.59. The lowest BCUT2D eigenvalue weighted by Gasteiger charge is -2.25. The van der Waals surface area contributed by atoms with E-state index in [-0.39, 0.29) is 6.04 Å². The Bertz CT molecular complexity index is 468. The number of hydrogen-bond acceptors (Lipinski definition) is 1. The van der Waals surface area contributed by atoms with Gasteiger partial charge in [0.1, 0.15) is 5.82 Å². The molecule has 1 rings (SSSR count). The number of nitrogens with zero attached hydrogens (tertiary/aromatic N) is 1. The van der Waals surface area contributed by atoms with E-state index >= 15 is 0 Å². The van der Waals surface area contributed by atoms with Gasteiger partial charge in [-0.05, 0) is 39.0 Å². The van der Waals surface area contributed by atoms with Crippen molar-refractivity contribution in [1.29, 1.82) is 0 Å². The maximum atomic E-state index is 13.6. The highest BCUT2D eigenvalue weighted by atomic mass is 19.4. The summed E-state index contributed by atoms with van der Waals surface area (Å²) in [5.41, 5.74) is -1.58. The maximum Gasteiger partial charge on any atom is 0.416 e. The Morgan fingerprint density at radius 3 is 2.32 bits per heavy atom. The van der Waals surface area contributed by atoms with E-state index < -0.39 is 29.0 Å². The molecule has 0 saturated heterocycles. The van der Waals surface area contributed by atoms with Gasteiger partial charge in [-0.1, -0.05) is 0 Å². The first kappa shape index (κ1) is 15.5. The number of carbonyl (C=O) groups is 1. The number of hydrogen-bond donors (Lipinski definition) is 0. The van der Waals surface area contributed by atoms with Crippen molar-refractivity contribution in [2.75, 3.05) is 6.54 Å². The lowest BCUT2D eigenvalue weighted by molar-refractivity contribution is -0.137. The van der Waals surface area contributed by atoms with Gasteiger partial charge in [-0.3, -0.25) is 4.79 Å². The molecule has 0 fully saturated rings. The number of alkyl halides is 3. The Labute approximate surface area is 109 Å². The molecule has 1 amide bonds. The summed E-state index contributed by atoms with van der Waals surface area (Å²) in [5, 5.41) is 0. The molecule has 106 valence electrons. The molecule has 0 atom stereocenters. The van der Waals surface area contributed by atoms with Crippen molar-refractivity contribution in [2.24, 2.45) is 0 Å². The molecular formula is C13H15F4NO. The van der Waals surface area contributed by atoms with E-state index in [0.717, 1.165) is 0 Å². The van der Waals surface area contributed by atoms with Gasteiger partial charge >= 0.3 is 6.18 Å². The first-order valence-electron chi connectivity index (χ1n) is 5.86. The second-order valence-corrected chi connectivity index (χ2v) is 4.38. The van der Waals surface area contributed by atoms with Crippen LogP contribution in [-0.4, -0.2) is 23.4 Å². The Morgan fingerprint density at radius 1 is 1.32 bits per heavy atom. The molecule has 1 aromatic rings. The maximum absolute atomic E-state index is 13.6. The summed E-state index contributed by atoms with van der Waals surface area (Å²) in [4.78, 5) is 13.3. The molecule has 2 nitrogen and oxygen atoms in total. The van der Waals surface area contributed by atoms with Crippen LogP contribution in [0.15, 0.2) is 18.2 Å². The van der Waals surface area contributed by atoms with Crippen LogP contribution in [0.4, 0.5) is 17.6 Å². The van der Waals surface area contributed by atoms with Crippen molar-refractivity contribution in [1.82, 2.24) is 4.90 Å². The lowest BCUT2D eigenvalue weighted by atomic mass is 10.1. The fourth-order valence-corrected chi connectivity index (χ4v) is 1.76. The van der Waals surface area contributed by atoms with Crippen LogP contribution in [0, 0.1) is 5.82 Å². The number of amides is 1. The molecule has 19 heavy (non-hydrogen) atoms. The molecule has 0 aliphatic carbocycles.